The van der Waals surface area contributed by atoms with Crippen molar-refractivity contribution in [2.45, 2.75) is 32.7 Å². The summed E-state index contributed by atoms with van der Waals surface area (Å²) in [4.78, 5) is 16.1. The predicted molar refractivity (Wildman–Crippen MR) is 92.3 cm³/mol. The molecule has 1 fully saturated rings. The van der Waals surface area contributed by atoms with Crippen LogP contribution in [0.25, 0.3) is 0 Å². The number of nitrogens with two attached hydrogens (primary N) is 1. The molecule has 0 aromatic heterocycles. The van der Waals surface area contributed by atoms with Gasteiger partial charge in [-0.15, -0.1) is 0 Å². The van der Waals surface area contributed by atoms with E-state index in [1.165, 1.54) is 11.1 Å². The third-order valence-corrected chi connectivity index (χ3v) is 4.18. The molecule has 5 heteroatoms. The quantitative estimate of drug-likeness (QED) is 0.783. The zero-order valence-corrected chi connectivity index (χ0v) is 14.2. The first-order valence-corrected chi connectivity index (χ1v) is 8.65. The lowest BCUT2D eigenvalue weighted by molar-refractivity contribution is 0.0738. The van der Waals surface area contributed by atoms with Gasteiger partial charge in [-0.1, -0.05) is 37.6 Å². The second-order valence-corrected chi connectivity index (χ2v) is 6.09. The first-order chi connectivity index (χ1) is 11.2. The van der Waals surface area contributed by atoms with Crippen molar-refractivity contribution in [3.05, 3.63) is 35.4 Å². The van der Waals surface area contributed by atoms with Gasteiger partial charge >= 0.3 is 6.09 Å². The molecule has 1 aromatic rings. The van der Waals surface area contributed by atoms with Crippen LogP contribution in [0.4, 0.5) is 4.79 Å². The van der Waals surface area contributed by atoms with Crippen molar-refractivity contribution in [3.63, 3.8) is 0 Å². The molecule has 5 nitrogen and oxygen atoms in total. The Balaban J connectivity index is 1.76. The molecule has 0 aliphatic carbocycles. The van der Waals surface area contributed by atoms with E-state index in [2.05, 4.69) is 36.1 Å². The van der Waals surface area contributed by atoms with Crippen LogP contribution in [0.5, 0.6) is 0 Å². The number of hydrogen-bond donors (Lipinski definition) is 1. The van der Waals surface area contributed by atoms with Crippen molar-refractivity contribution in [3.8, 4) is 0 Å². The van der Waals surface area contributed by atoms with Crippen LogP contribution in [0.15, 0.2) is 24.3 Å². The van der Waals surface area contributed by atoms with Crippen molar-refractivity contribution in [1.29, 1.82) is 0 Å². The third-order valence-electron chi connectivity index (χ3n) is 4.18. The highest BCUT2D eigenvalue weighted by Crippen LogP contribution is 2.12. The smallest absolute Gasteiger partial charge is 0.409 e. The fourth-order valence-electron chi connectivity index (χ4n) is 2.79. The van der Waals surface area contributed by atoms with Gasteiger partial charge in [0.25, 0.3) is 0 Å². The van der Waals surface area contributed by atoms with E-state index in [-0.39, 0.29) is 6.09 Å². The first kappa shape index (κ1) is 17.8. The SMILES string of the molecule is CCCCOC(=O)N1CCN(Cc2cccc(CCN)c2)CC1. The molecule has 1 saturated heterocycles. The number of carbonyl (C=O) groups is 1. The first-order valence-electron chi connectivity index (χ1n) is 8.65. The van der Waals surface area contributed by atoms with Crippen LogP contribution in [0.1, 0.15) is 30.9 Å². The summed E-state index contributed by atoms with van der Waals surface area (Å²) in [5, 5.41) is 0. The highest BCUT2D eigenvalue weighted by atomic mass is 16.6. The van der Waals surface area contributed by atoms with E-state index in [0.717, 1.165) is 52.0 Å². The van der Waals surface area contributed by atoms with Crippen molar-refractivity contribution in [2.75, 3.05) is 39.3 Å². The molecule has 0 bridgehead atoms. The monoisotopic (exact) mass is 319 g/mol. The van der Waals surface area contributed by atoms with Crippen molar-refractivity contribution in [1.82, 2.24) is 9.80 Å². The van der Waals surface area contributed by atoms with E-state index < -0.39 is 0 Å². The molecular formula is C18H29N3O2. The van der Waals surface area contributed by atoms with Gasteiger partial charge in [0.2, 0.25) is 0 Å². The summed E-state index contributed by atoms with van der Waals surface area (Å²) in [5.74, 6) is 0. The van der Waals surface area contributed by atoms with Gasteiger partial charge in [0.05, 0.1) is 6.61 Å². The van der Waals surface area contributed by atoms with Gasteiger partial charge in [-0.25, -0.2) is 4.79 Å². The molecule has 1 amide bonds. The minimum atomic E-state index is -0.164. The number of ether oxygens (including phenoxy) is 1. The molecular weight excluding hydrogens is 290 g/mol. The summed E-state index contributed by atoms with van der Waals surface area (Å²) in [5.41, 5.74) is 8.23. The van der Waals surface area contributed by atoms with E-state index >= 15 is 0 Å². The average Bonchev–Trinajstić information content (AvgIpc) is 2.56. The minimum absolute atomic E-state index is 0.164. The highest BCUT2D eigenvalue weighted by molar-refractivity contribution is 5.67. The summed E-state index contributed by atoms with van der Waals surface area (Å²) in [6.45, 7) is 7.51. The Morgan fingerprint density at radius 1 is 1.22 bits per heavy atom. The largest absolute Gasteiger partial charge is 0.449 e. The number of unbranched alkanes of at least 4 members (excludes halogenated alkanes) is 1. The fraction of sp³-hybridized carbons (Fsp3) is 0.611. The third kappa shape index (κ3) is 5.84. The lowest BCUT2D eigenvalue weighted by Crippen LogP contribution is -2.48. The number of piperazine rings is 1. The van der Waals surface area contributed by atoms with Crippen LogP contribution in [0.2, 0.25) is 0 Å². The van der Waals surface area contributed by atoms with Crippen LogP contribution >= 0.6 is 0 Å². The minimum Gasteiger partial charge on any atom is -0.449 e. The molecule has 2 N–H and O–H groups in total. The summed E-state index contributed by atoms with van der Waals surface area (Å²) >= 11 is 0. The number of nitrogens with zero attached hydrogens (tertiary/aromatic N) is 2. The van der Waals surface area contributed by atoms with Gasteiger partial charge in [0.1, 0.15) is 0 Å². The Morgan fingerprint density at radius 2 is 1.96 bits per heavy atom. The Kier molecular flexibility index (Phi) is 7.36. The topological polar surface area (TPSA) is 58.8 Å². The molecule has 23 heavy (non-hydrogen) atoms. The lowest BCUT2D eigenvalue weighted by Gasteiger charge is -2.34. The molecule has 1 heterocycles. The van der Waals surface area contributed by atoms with Crippen molar-refractivity contribution >= 4 is 6.09 Å². The van der Waals surface area contributed by atoms with Crippen molar-refractivity contribution in [2.24, 2.45) is 5.73 Å². The maximum atomic E-state index is 11.9. The Labute approximate surface area is 139 Å². The predicted octanol–water partition coefficient (Wildman–Crippen LogP) is 2.24. The lowest BCUT2D eigenvalue weighted by atomic mass is 10.1. The average molecular weight is 319 g/mol. The molecule has 1 aliphatic rings. The molecule has 1 aliphatic heterocycles. The highest BCUT2D eigenvalue weighted by Gasteiger charge is 2.21. The van der Waals surface area contributed by atoms with Gasteiger partial charge in [-0.3, -0.25) is 4.90 Å². The van der Waals surface area contributed by atoms with Crippen LogP contribution < -0.4 is 5.73 Å². The van der Waals surface area contributed by atoms with Gasteiger partial charge in [0, 0.05) is 32.7 Å². The molecule has 2 rings (SSSR count). The molecule has 0 unspecified atom stereocenters. The number of carbonyl (C=O) groups excluding carboxylic acids is 1. The summed E-state index contributed by atoms with van der Waals surface area (Å²) in [6.07, 6.45) is 2.74. The zero-order chi connectivity index (χ0) is 16.5. The van der Waals surface area contributed by atoms with Gasteiger partial charge in [-0.2, -0.15) is 0 Å². The van der Waals surface area contributed by atoms with Crippen LogP contribution in [0.3, 0.4) is 0 Å². The van der Waals surface area contributed by atoms with E-state index in [1.54, 1.807) is 0 Å². The van der Waals surface area contributed by atoms with Gasteiger partial charge < -0.3 is 15.4 Å². The Hall–Kier alpha value is -1.59. The normalized spacial score (nSPS) is 15.7. The van der Waals surface area contributed by atoms with Crippen LogP contribution in [-0.4, -0.2) is 55.2 Å². The van der Waals surface area contributed by atoms with Gasteiger partial charge in [-0.05, 0) is 30.5 Å². The summed E-state index contributed by atoms with van der Waals surface area (Å²) < 4.78 is 5.27. The molecule has 0 radical (unpaired) electrons. The van der Waals surface area contributed by atoms with E-state index in [9.17, 15) is 4.79 Å². The van der Waals surface area contributed by atoms with E-state index in [1.807, 2.05) is 4.90 Å². The second kappa shape index (κ2) is 9.53. The summed E-state index contributed by atoms with van der Waals surface area (Å²) in [7, 11) is 0. The second-order valence-electron chi connectivity index (χ2n) is 6.09. The summed E-state index contributed by atoms with van der Waals surface area (Å²) in [6, 6.07) is 8.62. The van der Waals surface area contributed by atoms with Gasteiger partial charge in [0.15, 0.2) is 0 Å². The molecule has 1 aromatic carbocycles. The maximum Gasteiger partial charge on any atom is 0.409 e. The number of rotatable bonds is 7. The van der Waals surface area contributed by atoms with Crippen molar-refractivity contribution < 1.29 is 9.53 Å². The zero-order valence-electron chi connectivity index (χ0n) is 14.2. The Morgan fingerprint density at radius 3 is 2.65 bits per heavy atom. The Bertz CT molecular complexity index is 485. The number of amides is 1. The van der Waals surface area contributed by atoms with Crippen LogP contribution in [-0.2, 0) is 17.7 Å². The molecule has 0 atom stereocenters. The number of benzene rings is 1. The van der Waals surface area contributed by atoms with Crippen LogP contribution in [0, 0.1) is 0 Å². The standard InChI is InChI=1S/C18H29N3O2/c1-2-3-13-23-18(22)21-11-9-20(10-12-21)15-17-6-4-5-16(14-17)7-8-19/h4-6,14H,2-3,7-13,15,19H2,1H3. The fourth-order valence-corrected chi connectivity index (χ4v) is 2.79. The molecule has 128 valence electrons. The van der Waals surface area contributed by atoms with E-state index in [4.69, 9.17) is 10.5 Å². The number of hydrogen-bond acceptors (Lipinski definition) is 4. The van der Waals surface area contributed by atoms with E-state index in [0.29, 0.717) is 13.2 Å². The molecule has 0 spiro atoms. The molecule has 0 saturated carbocycles. The maximum absolute atomic E-state index is 11.9.